The predicted molar refractivity (Wildman–Crippen MR) is 65.1 cm³/mol. The molecule has 2 rings (SSSR count). The van der Waals surface area contributed by atoms with Crippen LogP contribution in [0.4, 0.5) is 5.69 Å². The van der Waals surface area contributed by atoms with Gasteiger partial charge in [-0.2, -0.15) is 0 Å². The fourth-order valence-electron chi connectivity index (χ4n) is 1.66. The predicted octanol–water partition coefficient (Wildman–Crippen LogP) is 1.08. The van der Waals surface area contributed by atoms with Gasteiger partial charge in [0, 0.05) is 16.9 Å². The Morgan fingerprint density at radius 3 is 2.47 bits per heavy atom. The van der Waals surface area contributed by atoms with Crippen molar-refractivity contribution in [3.05, 3.63) is 51.7 Å². The Balaban J connectivity index is 2.43. The highest BCUT2D eigenvalue weighted by Gasteiger charge is 2.15. The molecule has 0 unspecified atom stereocenters. The largest absolute Gasteiger partial charge is 0.399 e. The number of aromatic amines is 2. The van der Waals surface area contributed by atoms with Crippen molar-refractivity contribution >= 4 is 11.5 Å². The molecule has 0 spiro atoms. The number of carbonyl (C=O) groups excluding carboxylic acids is 1. The highest BCUT2D eigenvalue weighted by Crippen LogP contribution is 2.12. The number of rotatable bonds is 3. The Hall–Kier alpha value is -2.30. The van der Waals surface area contributed by atoms with Gasteiger partial charge >= 0.3 is 5.69 Å². The highest BCUT2D eigenvalue weighted by atomic mass is 16.1. The minimum Gasteiger partial charge on any atom is -0.399 e. The van der Waals surface area contributed by atoms with Crippen molar-refractivity contribution < 1.29 is 4.79 Å². The van der Waals surface area contributed by atoms with Crippen molar-refractivity contribution in [1.29, 1.82) is 0 Å². The Kier molecular flexibility index (Phi) is 2.82. The molecule has 17 heavy (non-hydrogen) atoms. The van der Waals surface area contributed by atoms with Gasteiger partial charge in [0.05, 0.1) is 0 Å². The van der Waals surface area contributed by atoms with Crippen LogP contribution in [0, 0.1) is 0 Å². The molecule has 5 heteroatoms. The number of anilines is 1. The van der Waals surface area contributed by atoms with Crippen LogP contribution < -0.4 is 11.4 Å². The maximum atomic E-state index is 12.1. The number of nitrogen functional groups attached to an aromatic ring is 1. The summed E-state index contributed by atoms with van der Waals surface area (Å²) in [7, 11) is 0. The molecule has 1 heterocycles. The van der Waals surface area contributed by atoms with Gasteiger partial charge in [-0.1, -0.05) is 6.92 Å². The van der Waals surface area contributed by atoms with E-state index >= 15 is 0 Å². The highest BCUT2D eigenvalue weighted by molar-refractivity contribution is 6.08. The van der Waals surface area contributed by atoms with Crippen LogP contribution in [0.25, 0.3) is 0 Å². The molecule has 88 valence electrons. The molecular formula is C12H13N3O2. The smallest absolute Gasteiger partial charge is 0.323 e. The number of hydrogen-bond donors (Lipinski definition) is 3. The van der Waals surface area contributed by atoms with Crippen LogP contribution in [-0.2, 0) is 6.42 Å². The van der Waals surface area contributed by atoms with Crippen LogP contribution >= 0.6 is 0 Å². The van der Waals surface area contributed by atoms with Gasteiger partial charge in [-0.25, -0.2) is 4.79 Å². The second-order valence-electron chi connectivity index (χ2n) is 3.74. The third kappa shape index (κ3) is 2.13. The normalized spacial score (nSPS) is 10.4. The van der Waals surface area contributed by atoms with Crippen molar-refractivity contribution in [3.63, 3.8) is 0 Å². The lowest BCUT2D eigenvalue weighted by Crippen LogP contribution is -2.07. The number of ketones is 1. The first-order chi connectivity index (χ1) is 8.11. The lowest BCUT2D eigenvalue weighted by atomic mass is 10.1. The van der Waals surface area contributed by atoms with Crippen LogP contribution in [0.15, 0.2) is 29.1 Å². The van der Waals surface area contributed by atoms with E-state index < -0.39 is 0 Å². The first kappa shape index (κ1) is 11.2. The number of nitrogens with one attached hydrogen (secondary N) is 2. The summed E-state index contributed by atoms with van der Waals surface area (Å²) in [5, 5.41) is 0. The fourth-order valence-corrected chi connectivity index (χ4v) is 1.66. The van der Waals surface area contributed by atoms with E-state index in [1.165, 1.54) is 0 Å². The third-order valence-electron chi connectivity index (χ3n) is 2.56. The fraction of sp³-hybridized carbons (Fsp3) is 0.167. The minimum atomic E-state index is -0.361. The van der Waals surface area contributed by atoms with Crippen LogP contribution in [-0.4, -0.2) is 15.8 Å². The van der Waals surface area contributed by atoms with E-state index in [0.29, 0.717) is 29.1 Å². The van der Waals surface area contributed by atoms with E-state index in [4.69, 9.17) is 5.73 Å². The average Bonchev–Trinajstić information content (AvgIpc) is 2.70. The van der Waals surface area contributed by atoms with E-state index in [1.807, 2.05) is 6.92 Å². The molecule has 1 aromatic carbocycles. The molecule has 5 nitrogen and oxygen atoms in total. The van der Waals surface area contributed by atoms with E-state index in [2.05, 4.69) is 9.97 Å². The first-order valence-corrected chi connectivity index (χ1v) is 5.33. The van der Waals surface area contributed by atoms with E-state index in [9.17, 15) is 9.59 Å². The molecule has 0 aliphatic rings. The molecule has 0 saturated carbocycles. The summed E-state index contributed by atoms with van der Waals surface area (Å²) in [6.07, 6.45) is 0.592. The van der Waals surface area contributed by atoms with Crippen molar-refractivity contribution in [2.75, 3.05) is 5.73 Å². The SMILES string of the molecule is CCc1[nH]c(=O)[nH]c1C(=O)c1ccc(N)cc1. The quantitative estimate of drug-likeness (QED) is 0.545. The van der Waals surface area contributed by atoms with Gasteiger partial charge in [0.15, 0.2) is 0 Å². The average molecular weight is 231 g/mol. The summed E-state index contributed by atoms with van der Waals surface area (Å²) >= 11 is 0. The number of nitrogens with two attached hydrogens (primary N) is 1. The Bertz CT molecular complexity index is 593. The monoisotopic (exact) mass is 231 g/mol. The molecule has 0 aliphatic heterocycles. The standard InChI is InChI=1S/C12H13N3O2/c1-2-9-10(15-12(17)14-9)11(16)7-3-5-8(13)6-4-7/h3-6H,2,13H2,1H3,(H2,14,15,17). The molecule has 0 saturated heterocycles. The molecule has 0 aliphatic carbocycles. The van der Waals surface area contributed by atoms with Crippen molar-refractivity contribution in [3.8, 4) is 0 Å². The maximum absolute atomic E-state index is 12.1. The Morgan fingerprint density at radius 2 is 1.88 bits per heavy atom. The number of H-pyrrole nitrogens is 2. The van der Waals surface area contributed by atoms with E-state index in [0.717, 1.165) is 0 Å². The molecule has 0 amide bonds. The van der Waals surface area contributed by atoms with Crippen molar-refractivity contribution in [2.24, 2.45) is 0 Å². The van der Waals surface area contributed by atoms with Gasteiger partial charge in [0.1, 0.15) is 5.69 Å². The van der Waals surface area contributed by atoms with Gasteiger partial charge in [-0.05, 0) is 30.7 Å². The summed E-state index contributed by atoms with van der Waals surface area (Å²) in [5.74, 6) is -0.208. The second kappa shape index (κ2) is 4.29. The number of aryl methyl sites for hydroxylation is 1. The number of carbonyl (C=O) groups is 1. The second-order valence-corrected chi connectivity index (χ2v) is 3.74. The van der Waals surface area contributed by atoms with E-state index in [-0.39, 0.29) is 11.5 Å². The lowest BCUT2D eigenvalue weighted by molar-refractivity contribution is 0.103. The van der Waals surface area contributed by atoms with Gasteiger partial charge in [-0.3, -0.25) is 4.79 Å². The maximum Gasteiger partial charge on any atom is 0.323 e. The number of aromatic nitrogens is 2. The number of imidazole rings is 1. The van der Waals surface area contributed by atoms with Crippen LogP contribution in [0.1, 0.15) is 28.7 Å². The summed E-state index contributed by atoms with van der Waals surface area (Å²) in [6, 6.07) is 6.60. The summed E-state index contributed by atoms with van der Waals surface area (Å²) in [6.45, 7) is 1.87. The molecule has 0 radical (unpaired) electrons. The summed E-state index contributed by atoms with van der Waals surface area (Å²) < 4.78 is 0. The van der Waals surface area contributed by atoms with Crippen LogP contribution in [0.3, 0.4) is 0 Å². The number of hydrogen-bond acceptors (Lipinski definition) is 3. The van der Waals surface area contributed by atoms with Crippen LogP contribution in [0.2, 0.25) is 0 Å². The van der Waals surface area contributed by atoms with Gasteiger partial charge in [0.2, 0.25) is 5.78 Å². The molecule has 0 atom stereocenters. The molecule has 0 bridgehead atoms. The lowest BCUT2D eigenvalue weighted by Gasteiger charge is -2.01. The molecule has 2 aromatic rings. The zero-order chi connectivity index (χ0) is 12.4. The van der Waals surface area contributed by atoms with Crippen molar-refractivity contribution in [1.82, 2.24) is 9.97 Å². The Morgan fingerprint density at radius 1 is 1.24 bits per heavy atom. The van der Waals surface area contributed by atoms with Crippen LogP contribution in [0.5, 0.6) is 0 Å². The zero-order valence-corrected chi connectivity index (χ0v) is 9.41. The third-order valence-corrected chi connectivity index (χ3v) is 2.56. The van der Waals surface area contributed by atoms with Gasteiger partial charge in [0.25, 0.3) is 0 Å². The Labute approximate surface area is 97.7 Å². The molecule has 1 aromatic heterocycles. The number of benzene rings is 1. The van der Waals surface area contributed by atoms with E-state index in [1.54, 1.807) is 24.3 Å². The minimum absolute atomic E-state index is 0.208. The first-order valence-electron chi connectivity index (χ1n) is 5.33. The van der Waals surface area contributed by atoms with Gasteiger partial charge < -0.3 is 15.7 Å². The zero-order valence-electron chi connectivity index (χ0n) is 9.41. The molecule has 4 N–H and O–H groups in total. The molecule has 0 fully saturated rings. The summed E-state index contributed by atoms with van der Waals surface area (Å²) in [4.78, 5) is 28.4. The topological polar surface area (TPSA) is 91.7 Å². The van der Waals surface area contributed by atoms with Crippen molar-refractivity contribution in [2.45, 2.75) is 13.3 Å². The molecular weight excluding hydrogens is 218 g/mol. The van der Waals surface area contributed by atoms with Gasteiger partial charge in [-0.15, -0.1) is 0 Å². The summed E-state index contributed by atoms with van der Waals surface area (Å²) in [5.41, 5.74) is 7.23.